The number of hydrogen-bond acceptors (Lipinski definition) is 8. The molecule has 5 heterocycles. The Labute approximate surface area is 192 Å². The lowest BCUT2D eigenvalue weighted by Crippen LogP contribution is -2.51. The minimum absolute atomic E-state index is 0.0912. The first kappa shape index (κ1) is 21.0. The van der Waals surface area contributed by atoms with Crippen LogP contribution in [-0.4, -0.2) is 49.5 Å². The smallest absolute Gasteiger partial charge is 0.341 e. The van der Waals surface area contributed by atoms with Gasteiger partial charge in [0.2, 0.25) is 5.43 Å². The predicted octanol–water partition coefficient (Wildman–Crippen LogP) is 2.49. The van der Waals surface area contributed by atoms with E-state index in [-0.39, 0.29) is 22.7 Å². The number of aromatic carboxylic acids is 1. The first-order chi connectivity index (χ1) is 15.9. The van der Waals surface area contributed by atoms with Crippen molar-refractivity contribution in [1.29, 1.82) is 0 Å². The highest BCUT2D eigenvalue weighted by Crippen LogP contribution is 2.29. The van der Waals surface area contributed by atoms with Crippen molar-refractivity contribution < 1.29 is 14.7 Å². The number of nitrogens with zero attached hydrogens (tertiary/aromatic N) is 5. The highest BCUT2D eigenvalue weighted by Gasteiger charge is 2.34. The van der Waals surface area contributed by atoms with E-state index in [0.717, 1.165) is 5.56 Å². The molecule has 5 rings (SSSR count). The molecule has 10 heteroatoms. The summed E-state index contributed by atoms with van der Waals surface area (Å²) >= 11 is 1.32. The van der Waals surface area contributed by atoms with Gasteiger partial charge in [0, 0.05) is 49.7 Å². The fourth-order valence-electron chi connectivity index (χ4n) is 3.99. The molecular formula is C23H19N5O4S. The van der Waals surface area contributed by atoms with E-state index in [0.29, 0.717) is 41.7 Å². The third-order valence-electron chi connectivity index (χ3n) is 5.79. The van der Waals surface area contributed by atoms with E-state index in [1.165, 1.54) is 17.5 Å². The van der Waals surface area contributed by atoms with E-state index >= 15 is 0 Å². The number of anilines is 1. The van der Waals surface area contributed by atoms with Gasteiger partial charge >= 0.3 is 5.97 Å². The van der Waals surface area contributed by atoms with Crippen molar-refractivity contribution in [3.8, 4) is 5.13 Å². The number of thiazole rings is 1. The lowest BCUT2D eigenvalue weighted by atomic mass is 9.91. The van der Waals surface area contributed by atoms with Crippen LogP contribution in [0.2, 0.25) is 0 Å². The maximum atomic E-state index is 12.9. The van der Waals surface area contributed by atoms with Gasteiger partial charge in [-0.15, -0.1) is 11.3 Å². The van der Waals surface area contributed by atoms with E-state index in [4.69, 9.17) is 4.98 Å². The first-order valence-corrected chi connectivity index (χ1v) is 11.2. The number of carboxylic acid groups (broad SMARTS) is 1. The zero-order valence-electron chi connectivity index (χ0n) is 17.6. The van der Waals surface area contributed by atoms with E-state index in [1.807, 2.05) is 17.0 Å². The number of rotatable bonds is 6. The summed E-state index contributed by atoms with van der Waals surface area (Å²) in [6.07, 6.45) is 6.60. The number of aromatic nitrogens is 4. The molecule has 1 saturated heterocycles. The molecule has 0 aromatic carbocycles. The molecule has 0 spiro atoms. The van der Waals surface area contributed by atoms with Crippen molar-refractivity contribution in [2.75, 3.05) is 18.0 Å². The quantitative estimate of drug-likeness (QED) is 0.465. The number of Topliss-reactive ketones (excluding diaryl/α,β-unsaturated/α-hetero) is 1. The van der Waals surface area contributed by atoms with Crippen LogP contribution in [-0.2, 0) is 11.2 Å². The highest BCUT2D eigenvalue weighted by atomic mass is 32.1. The highest BCUT2D eigenvalue weighted by molar-refractivity contribution is 7.12. The van der Waals surface area contributed by atoms with Crippen LogP contribution in [0.4, 0.5) is 5.82 Å². The second kappa shape index (κ2) is 8.21. The Bertz CT molecular complexity index is 1430. The number of pyridine rings is 3. The van der Waals surface area contributed by atoms with Gasteiger partial charge in [-0.3, -0.25) is 19.1 Å². The molecule has 1 aliphatic rings. The number of ketones is 1. The zero-order valence-corrected chi connectivity index (χ0v) is 18.5. The third-order valence-corrected chi connectivity index (χ3v) is 6.56. The summed E-state index contributed by atoms with van der Waals surface area (Å²) in [7, 11) is 0. The largest absolute Gasteiger partial charge is 0.477 e. The fourth-order valence-corrected chi connectivity index (χ4v) is 4.61. The van der Waals surface area contributed by atoms with Crippen molar-refractivity contribution in [2.24, 2.45) is 5.92 Å². The Morgan fingerprint density at radius 1 is 1.21 bits per heavy atom. The van der Waals surface area contributed by atoms with E-state index in [2.05, 4.69) is 9.97 Å². The van der Waals surface area contributed by atoms with Gasteiger partial charge in [-0.05, 0) is 36.2 Å². The van der Waals surface area contributed by atoms with E-state index in [1.54, 1.807) is 41.5 Å². The van der Waals surface area contributed by atoms with Crippen LogP contribution in [0, 0.1) is 12.8 Å². The van der Waals surface area contributed by atoms with Crippen LogP contribution in [0.1, 0.15) is 21.5 Å². The van der Waals surface area contributed by atoms with Gasteiger partial charge < -0.3 is 10.0 Å². The average molecular weight is 462 g/mol. The molecule has 0 amide bonds. The van der Waals surface area contributed by atoms with Crippen molar-refractivity contribution >= 4 is 39.9 Å². The minimum atomic E-state index is -1.30. The molecular weight excluding hydrogens is 442 g/mol. The number of aryl methyl sites for hydroxylation is 1. The molecule has 0 saturated carbocycles. The Kier molecular flexibility index (Phi) is 5.21. The molecule has 33 heavy (non-hydrogen) atoms. The zero-order chi connectivity index (χ0) is 23.1. The SMILES string of the molecule is Cc1cc(N2CC(C(=O)Cc3ccncc3)C2)nc2c1c(=O)c(C(=O)O)cn2-c1nccs1. The molecule has 1 aliphatic heterocycles. The van der Waals surface area contributed by atoms with Crippen molar-refractivity contribution in [1.82, 2.24) is 19.5 Å². The third kappa shape index (κ3) is 3.78. The molecule has 166 valence electrons. The maximum absolute atomic E-state index is 12.9. The standard InChI is InChI=1S/C23H19N5O4S/c1-13-8-18(27-10-15(11-27)17(29)9-14-2-4-24-5-3-14)26-21-19(13)20(30)16(22(31)32)12-28(21)23-25-6-7-33-23/h2-8,12,15H,9-11H2,1H3,(H,31,32). The van der Waals surface area contributed by atoms with Crippen LogP contribution < -0.4 is 10.3 Å². The summed E-state index contributed by atoms with van der Waals surface area (Å²) in [4.78, 5) is 52.1. The molecule has 0 bridgehead atoms. The van der Waals surface area contributed by atoms with E-state index < -0.39 is 11.4 Å². The normalized spacial score (nSPS) is 13.8. The van der Waals surface area contributed by atoms with Crippen molar-refractivity contribution in [2.45, 2.75) is 13.3 Å². The second-order valence-corrected chi connectivity index (χ2v) is 8.83. The molecule has 1 N–H and O–H groups in total. The molecule has 0 unspecified atom stereocenters. The molecule has 4 aromatic rings. The van der Waals surface area contributed by atoms with Crippen LogP contribution in [0.3, 0.4) is 0 Å². The Morgan fingerprint density at radius 3 is 2.64 bits per heavy atom. The molecule has 1 fully saturated rings. The Hall–Kier alpha value is -3.92. The lowest BCUT2D eigenvalue weighted by molar-refractivity contribution is -0.122. The van der Waals surface area contributed by atoms with Crippen molar-refractivity contribution in [3.63, 3.8) is 0 Å². The second-order valence-electron chi connectivity index (χ2n) is 7.96. The summed E-state index contributed by atoms with van der Waals surface area (Å²) < 4.78 is 1.55. The minimum Gasteiger partial charge on any atom is -0.477 e. The summed E-state index contributed by atoms with van der Waals surface area (Å²) in [6, 6.07) is 5.45. The first-order valence-electron chi connectivity index (χ1n) is 10.3. The van der Waals surface area contributed by atoms with Crippen LogP contribution in [0.15, 0.2) is 53.2 Å². The average Bonchev–Trinajstić information content (AvgIpc) is 3.28. The number of carbonyl (C=O) groups is 2. The molecule has 4 aromatic heterocycles. The van der Waals surface area contributed by atoms with E-state index in [9.17, 15) is 19.5 Å². The molecule has 0 radical (unpaired) electrons. The molecule has 0 atom stereocenters. The van der Waals surface area contributed by atoms with Gasteiger partial charge in [-0.2, -0.15) is 0 Å². The number of carboxylic acids is 1. The monoisotopic (exact) mass is 461 g/mol. The molecule has 9 nitrogen and oxygen atoms in total. The van der Waals surface area contributed by atoms with Crippen LogP contribution in [0.5, 0.6) is 0 Å². The van der Waals surface area contributed by atoms with Crippen LogP contribution >= 0.6 is 11.3 Å². The fraction of sp³-hybridized carbons (Fsp3) is 0.217. The maximum Gasteiger partial charge on any atom is 0.341 e. The van der Waals surface area contributed by atoms with Gasteiger partial charge in [0.1, 0.15) is 17.2 Å². The summed E-state index contributed by atoms with van der Waals surface area (Å²) in [6.45, 7) is 2.84. The van der Waals surface area contributed by atoms with Crippen molar-refractivity contribution in [3.05, 3.63) is 75.3 Å². The topological polar surface area (TPSA) is 118 Å². The van der Waals surface area contributed by atoms with Crippen LogP contribution in [0.25, 0.3) is 16.2 Å². The predicted molar refractivity (Wildman–Crippen MR) is 123 cm³/mol. The Balaban J connectivity index is 1.48. The summed E-state index contributed by atoms with van der Waals surface area (Å²) in [5.41, 5.74) is 1.01. The number of fused-ring (bicyclic) bond motifs is 1. The number of carbonyl (C=O) groups excluding carboxylic acids is 1. The Morgan fingerprint density at radius 2 is 1.97 bits per heavy atom. The van der Waals surface area contributed by atoms with Gasteiger partial charge in [0.05, 0.1) is 11.3 Å². The van der Waals surface area contributed by atoms with Gasteiger partial charge in [0.15, 0.2) is 10.8 Å². The van der Waals surface area contributed by atoms with Gasteiger partial charge in [-0.1, -0.05) is 0 Å². The van der Waals surface area contributed by atoms with Gasteiger partial charge in [0.25, 0.3) is 0 Å². The molecule has 0 aliphatic carbocycles. The summed E-state index contributed by atoms with van der Waals surface area (Å²) in [5.74, 6) is -0.581. The lowest BCUT2D eigenvalue weighted by Gasteiger charge is -2.39. The summed E-state index contributed by atoms with van der Waals surface area (Å²) in [5, 5.41) is 12.1. The van der Waals surface area contributed by atoms with Gasteiger partial charge in [-0.25, -0.2) is 14.8 Å². The number of hydrogen-bond donors (Lipinski definition) is 1.